The summed E-state index contributed by atoms with van der Waals surface area (Å²) in [6.45, 7) is 0.524. The zero-order valence-corrected chi connectivity index (χ0v) is 20.8. The number of fused-ring (bicyclic) bond motifs is 1. The third-order valence-electron chi connectivity index (χ3n) is 4.97. The van der Waals surface area contributed by atoms with Gasteiger partial charge in [0.1, 0.15) is 17.5 Å². The Morgan fingerprint density at radius 3 is 2.47 bits per heavy atom. The number of unbranched alkanes of at least 4 members (excludes halogenated alkanes) is 1. The molecule has 2 aromatic heterocycles. The third-order valence-corrected chi connectivity index (χ3v) is 7.37. The van der Waals surface area contributed by atoms with Crippen molar-refractivity contribution in [2.75, 3.05) is 18.4 Å². The summed E-state index contributed by atoms with van der Waals surface area (Å²) in [6.07, 6.45) is 2.66. The van der Waals surface area contributed by atoms with Gasteiger partial charge in [-0.3, -0.25) is 0 Å². The summed E-state index contributed by atoms with van der Waals surface area (Å²) < 4.78 is 56.6. The second kappa shape index (κ2) is 10.3. The monoisotopic (exact) mass is 569 g/mol. The van der Waals surface area contributed by atoms with Crippen LogP contribution < -0.4 is 10.0 Å². The maximum atomic E-state index is 13.8. The fraction of sp³-hybridized carbons (Fsp3) is 0.182. The molecule has 178 valence electrons. The Kier molecular flexibility index (Phi) is 7.46. The number of anilines is 1. The molecular weight excluding hydrogens is 552 g/mol. The molecule has 0 aliphatic carbocycles. The molecule has 0 unspecified atom stereocenters. The molecule has 0 saturated carbocycles. The van der Waals surface area contributed by atoms with Gasteiger partial charge < -0.3 is 5.32 Å². The van der Waals surface area contributed by atoms with Crippen molar-refractivity contribution in [1.29, 1.82) is 0 Å². The second-order valence-corrected chi connectivity index (χ2v) is 10.3. The summed E-state index contributed by atoms with van der Waals surface area (Å²) in [5.74, 6) is -1.58. The molecule has 2 heterocycles. The molecule has 7 nitrogen and oxygen atoms in total. The molecule has 12 heteroatoms. The van der Waals surface area contributed by atoms with E-state index in [1.165, 1.54) is 0 Å². The highest BCUT2D eigenvalue weighted by molar-refractivity contribution is 9.10. The molecule has 0 aliphatic rings. The Bertz CT molecular complexity index is 1430. The van der Waals surface area contributed by atoms with E-state index in [9.17, 15) is 17.2 Å². The van der Waals surface area contributed by atoms with Gasteiger partial charge in [-0.2, -0.15) is 9.61 Å². The summed E-state index contributed by atoms with van der Waals surface area (Å²) >= 11 is 9.79. The quantitative estimate of drug-likeness (QED) is 0.268. The average molecular weight is 571 g/mol. The Hall–Kier alpha value is -2.60. The first-order valence-corrected chi connectivity index (χ1v) is 12.9. The molecule has 2 N–H and O–H groups in total. The Morgan fingerprint density at radius 1 is 1.03 bits per heavy atom. The molecule has 0 aliphatic heterocycles. The van der Waals surface area contributed by atoms with E-state index >= 15 is 0 Å². The minimum Gasteiger partial charge on any atom is -0.370 e. The molecule has 0 fully saturated rings. The van der Waals surface area contributed by atoms with Crippen LogP contribution in [0, 0.1) is 11.6 Å². The first-order chi connectivity index (χ1) is 16.3. The number of nitrogens with zero attached hydrogens (tertiary/aromatic N) is 3. The van der Waals surface area contributed by atoms with Crippen LogP contribution >= 0.6 is 27.5 Å². The number of halogens is 4. The maximum Gasteiger partial charge on any atom is 0.246 e. The molecule has 0 bridgehead atoms. The van der Waals surface area contributed by atoms with Gasteiger partial charge in [0.05, 0.1) is 16.4 Å². The Labute approximate surface area is 208 Å². The molecule has 4 rings (SSSR count). The molecule has 34 heavy (non-hydrogen) atoms. The number of hydrogen-bond acceptors (Lipinski definition) is 5. The fourth-order valence-electron chi connectivity index (χ4n) is 3.35. The van der Waals surface area contributed by atoms with Crippen molar-refractivity contribution in [1.82, 2.24) is 19.3 Å². The van der Waals surface area contributed by atoms with Gasteiger partial charge in [0, 0.05) is 29.7 Å². The highest BCUT2D eigenvalue weighted by atomic mass is 79.9. The predicted molar refractivity (Wildman–Crippen MR) is 130 cm³/mol. The zero-order valence-electron chi connectivity index (χ0n) is 17.6. The zero-order chi connectivity index (χ0) is 24.3. The van der Waals surface area contributed by atoms with Gasteiger partial charge in [-0.25, -0.2) is 26.9 Å². The number of hydrogen-bond donors (Lipinski definition) is 2. The highest BCUT2D eigenvalue weighted by Gasteiger charge is 2.23. The lowest BCUT2D eigenvalue weighted by atomic mass is 10.1. The smallest absolute Gasteiger partial charge is 0.246 e. The van der Waals surface area contributed by atoms with Crippen molar-refractivity contribution in [3.63, 3.8) is 0 Å². The number of rotatable bonds is 9. The summed E-state index contributed by atoms with van der Waals surface area (Å²) in [4.78, 5) is 3.68. The molecule has 4 aromatic rings. The van der Waals surface area contributed by atoms with Crippen molar-refractivity contribution in [2.24, 2.45) is 0 Å². The number of aromatic nitrogens is 3. The van der Waals surface area contributed by atoms with Crippen LogP contribution in [0.3, 0.4) is 0 Å². The number of sulfonamides is 1. The van der Waals surface area contributed by atoms with Crippen molar-refractivity contribution in [3.05, 3.63) is 75.9 Å². The molecule has 2 aromatic carbocycles. The number of nitrogens with one attached hydrogen (secondary N) is 2. The lowest BCUT2D eigenvalue weighted by Gasteiger charge is -2.12. The van der Waals surface area contributed by atoms with Crippen LogP contribution in [0.25, 0.3) is 16.9 Å². The lowest BCUT2D eigenvalue weighted by Crippen LogP contribution is -2.27. The standard InChI is InChI=1S/C22H19BrClF2N5O2S/c23-15-13-28-31-20(12-19(30-22(15)31)14-6-1-2-7-16(14)24)27-10-3-4-11-29-34(32,33)21-17(25)8-5-9-18(21)26/h1-2,5-9,12-13,27,29H,3-4,10-11H2. The van der Waals surface area contributed by atoms with E-state index in [0.29, 0.717) is 41.6 Å². The van der Waals surface area contributed by atoms with Crippen LogP contribution in [0.4, 0.5) is 14.6 Å². The minimum atomic E-state index is -4.29. The van der Waals surface area contributed by atoms with E-state index in [-0.39, 0.29) is 6.54 Å². The van der Waals surface area contributed by atoms with Gasteiger partial charge in [-0.05, 0) is 47.0 Å². The summed E-state index contributed by atoms with van der Waals surface area (Å²) in [6, 6.07) is 12.1. The van der Waals surface area contributed by atoms with Crippen LogP contribution in [0.2, 0.25) is 5.02 Å². The molecule has 0 radical (unpaired) electrons. The molecule has 0 atom stereocenters. The topological polar surface area (TPSA) is 88.4 Å². The Balaban J connectivity index is 1.40. The van der Waals surface area contributed by atoms with Gasteiger partial charge in [0.25, 0.3) is 0 Å². The van der Waals surface area contributed by atoms with Crippen molar-refractivity contribution < 1.29 is 17.2 Å². The van der Waals surface area contributed by atoms with Crippen molar-refractivity contribution in [2.45, 2.75) is 17.7 Å². The lowest BCUT2D eigenvalue weighted by molar-refractivity contribution is 0.513. The van der Waals surface area contributed by atoms with Crippen molar-refractivity contribution >= 4 is 49.0 Å². The van der Waals surface area contributed by atoms with Crippen molar-refractivity contribution in [3.8, 4) is 11.3 Å². The van der Waals surface area contributed by atoms with Gasteiger partial charge >= 0.3 is 0 Å². The molecule has 0 saturated heterocycles. The van der Waals surface area contributed by atoms with Gasteiger partial charge in [-0.1, -0.05) is 35.9 Å². The fourth-order valence-corrected chi connectivity index (χ4v) is 5.14. The summed E-state index contributed by atoms with van der Waals surface area (Å²) in [7, 11) is -4.29. The highest BCUT2D eigenvalue weighted by Crippen LogP contribution is 2.30. The van der Waals surface area contributed by atoms with Gasteiger partial charge in [0.15, 0.2) is 10.5 Å². The van der Waals surface area contributed by atoms with E-state index in [4.69, 9.17) is 11.6 Å². The second-order valence-electron chi connectivity index (χ2n) is 7.32. The van der Waals surface area contributed by atoms with Gasteiger partial charge in [0.2, 0.25) is 10.0 Å². The van der Waals surface area contributed by atoms with E-state index in [1.54, 1.807) is 16.8 Å². The molecular formula is C22H19BrClF2N5O2S. The van der Waals surface area contributed by atoms with Crippen LogP contribution in [-0.4, -0.2) is 36.1 Å². The van der Waals surface area contributed by atoms with Crippen LogP contribution in [-0.2, 0) is 10.0 Å². The number of benzene rings is 2. The summed E-state index contributed by atoms with van der Waals surface area (Å²) in [5, 5.41) is 8.17. The predicted octanol–water partition coefficient (Wildman–Crippen LogP) is 5.26. The van der Waals surface area contributed by atoms with Crippen LogP contribution in [0.15, 0.2) is 64.1 Å². The van der Waals surface area contributed by atoms with E-state index in [0.717, 1.165) is 28.2 Å². The Morgan fingerprint density at radius 2 is 1.74 bits per heavy atom. The van der Waals surface area contributed by atoms with Crippen LogP contribution in [0.1, 0.15) is 12.8 Å². The third kappa shape index (κ3) is 5.22. The molecule has 0 amide bonds. The first-order valence-electron chi connectivity index (χ1n) is 10.2. The van der Waals surface area contributed by atoms with E-state index < -0.39 is 26.6 Å². The molecule has 0 spiro atoms. The average Bonchev–Trinajstić information content (AvgIpc) is 3.17. The maximum absolute atomic E-state index is 13.8. The van der Waals surface area contributed by atoms with E-state index in [2.05, 4.69) is 36.1 Å². The normalized spacial score (nSPS) is 11.8. The van der Waals surface area contributed by atoms with E-state index in [1.807, 2.05) is 24.3 Å². The largest absolute Gasteiger partial charge is 0.370 e. The first kappa shape index (κ1) is 24.5. The van der Waals surface area contributed by atoms with Crippen LogP contribution in [0.5, 0.6) is 0 Å². The van der Waals surface area contributed by atoms with Gasteiger partial charge in [-0.15, -0.1) is 0 Å². The SMILES string of the molecule is O=S(=O)(NCCCCNc1cc(-c2ccccc2Cl)nc2c(Br)cnn12)c1c(F)cccc1F. The minimum absolute atomic E-state index is 0.0295. The summed E-state index contributed by atoms with van der Waals surface area (Å²) in [5.41, 5.74) is 2.05.